The fourth-order valence-corrected chi connectivity index (χ4v) is 3.72. The summed E-state index contributed by atoms with van der Waals surface area (Å²) in [5.41, 5.74) is 1.57. The summed E-state index contributed by atoms with van der Waals surface area (Å²) in [7, 11) is 0. The predicted octanol–water partition coefficient (Wildman–Crippen LogP) is 5.17. The van der Waals surface area contributed by atoms with E-state index in [0.29, 0.717) is 40.6 Å². The molecule has 3 aromatic rings. The minimum absolute atomic E-state index is 0.0957. The maximum Gasteiger partial charge on any atom is 0.259 e. The van der Waals surface area contributed by atoms with Gasteiger partial charge in [-0.15, -0.1) is 11.8 Å². The molecule has 0 saturated carbocycles. The van der Waals surface area contributed by atoms with Crippen molar-refractivity contribution < 1.29 is 14.3 Å². The van der Waals surface area contributed by atoms with E-state index in [9.17, 15) is 9.59 Å². The van der Waals surface area contributed by atoms with Crippen LogP contribution in [0.3, 0.4) is 0 Å². The SMILES string of the molecule is O=C(CCSc1ccccc1)Nc1ccc2c(c1)C(=O)Nc1ccccc1O2. The molecule has 6 heteroatoms. The van der Waals surface area contributed by atoms with E-state index in [1.807, 2.05) is 42.5 Å². The zero-order valence-corrected chi connectivity index (χ0v) is 15.8. The normalized spacial score (nSPS) is 12.1. The second-order valence-electron chi connectivity index (χ2n) is 6.22. The van der Waals surface area contributed by atoms with Crippen LogP contribution in [0.4, 0.5) is 11.4 Å². The van der Waals surface area contributed by atoms with E-state index < -0.39 is 0 Å². The number of ether oxygens (including phenoxy) is 1. The molecule has 0 bridgehead atoms. The van der Waals surface area contributed by atoms with Crippen molar-refractivity contribution in [3.63, 3.8) is 0 Å². The molecule has 0 atom stereocenters. The summed E-state index contributed by atoms with van der Waals surface area (Å²) in [5, 5.41) is 5.68. The molecule has 1 aliphatic rings. The summed E-state index contributed by atoms with van der Waals surface area (Å²) < 4.78 is 5.85. The number of rotatable bonds is 5. The molecule has 140 valence electrons. The molecule has 0 aliphatic carbocycles. The molecular formula is C22H18N2O3S. The van der Waals surface area contributed by atoms with Gasteiger partial charge in [0.15, 0.2) is 5.75 Å². The van der Waals surface area contributed by atoms with Gasteiger partial charge < -0.3 is 15.4 Å². The molecule has 3 aromatic carbocycles. The largest absolute Gasteiger partial charge is 0.454 e. The van der Waals surface area contributed by atoms with Crippen LogP contribution in [0.15, 0.2) is 77.7 Å². The van der Waals surface area contributed by atoms with Gasteiger partial charge >= 0.3 is 0 Å². The zero-order chi connectivity index (χ0) is 19.3. The summed E-state index contributed by atoms with van der Waals surface area (Å²) in [6.45, 7) is 0. The molecule has 0 fully saturated rings. The lowest BCUT2D eigenvalue weighted by Gasteiger charge is -2.10. The first-order valence-corrected chi connectivity index (χ1v) is 9.87. The number of carbonyl (C=O) groups excluding carboxylic acids is 2. The summed E-state index contributed by atoms with van der Waals surface area (Å²) in [5.74, 6) is 1.36. The first-order chi connectivity index (χ1) is 13.7. The Bertz CT molecular complexity index is 1020. The van der Waals surface area contributed by atoms with Crippen LogP contribution in [-0.2, 0) is 4.79 Å². The molecule has 0 radical (unpaired) electrons. The van der Waals surface area contributed by atoms with E-state index in [1.54, 1.807) is 42.1 Å². The Labute approximate surface area is 167 Å². The number of anilines is 2. The maximum absolute atomic E-state index is 12.5. The van der Waals surface area contributed by atoms with Crippen molar-refractivity contribution >= 4 is 35.0 Å². The lowest BCUT2D eigenvalue weighted by Crippen LogP contribution is -2.14. The second kappa shape index (κ2) is 8.19. The molecule has 0 unspecified atom stereocenters. The van der Waals surface area contributed by atoms with Gasteiger partial charge in [0.05, 0.1) is 11.3 Å². The molecule has 0 aromatic heterocycles. The first kappa shape index (κ1) is 18.1. The number of hydrogen-bond donors (Lipinski definition) is 2. The summed E-state index contributed by atoms with van der Waals surface area (Å²) in [6, 6.07) is 22.3. The molecule has 5 nitrogen and oxygen atoms in total. The number of fused-ring (bicyclic) bond motifs is 2. The second-order valence-corrected chi connectivity index (χ2v) is 7.39. The highest BCUT2D eigenvalue weighted by Gasteiger charge is 2.21. The Hall–Kier alpha value is -3.25. The van der Waals surface area contributed by atoms with Gasteiger partial charge in [-0.05, 0) is 42.5 Å². The molecular weight excluding hydrogens is 372 g/mol. The van der Waals surface area contributed by atoms with Crippen LogP contribution in [0.1, 0.15) is 16.8 Å². The zero-order valence-electron chi connectivity index (χ0n) is 15.0. The van der Waals surface area contributed by atoms with Crippen molar-refractivity contribution in [2.24, 2.45) is 0 Å². The van der Waals surface area contributed by atoms with Crippen molar-refractivity contribution in [1.29, 1.82) is 0 Å². The fraction of sp³-hybridized carbons (Fsp3) is 0.0909. The number of amides is 2. The van der Waals surface area contributed by atoms with Crippen LogP contribution >= 0.6 is 11.8 Å². The third kappa shape index (κ3) is 4.18. The lowest BCUT2D eigenvalue weighted by atomic mass is 10.1. The third-order valence-electron chi connectivity index (χ3n) is 4.20. The number of carbonyl (C=O) groups is 2. The van der Waals surface area contributed by atoms with Gasteiger partial charge in [0.1, 0.15) is 5.75 Å². The minimum Gasteiger partial charge on any atom is -0.454 e. The smallest absolute Gasteiger partial charge is 0.259 e. The molecule has 4 rings (SSSR count). The van der Waals surface area contributed by atoms with E-state index in [-0.39, 0.29) is 11.8 Å². The van der Waals surface area contributed by atoms with Gasteiger partial charge in [0.2, 0.25) is 5.91 Å². The van der Waals surface area contributed by atoms with Crippen LogP contribution < -0.4 is 15.4 Å². The highest BCUT2D eigenvalue weighted by Crippen LogP contribution is 2.36. The van der Waals surface area contributed by atoms with Crippen molar-refractivity contribution in [2.45, 2.75) is 11.3 Å². The van der Waals surface area contributed by atoms with E-state index in [0.717, 1.165) is 4.90 Å². The molecule has 0 spiro atoms. The average molecular weight is 390 g/mol. The van der Waals surface area contributed by atoms with Gasteiger partial charge in [-0.1, -0.05) is 30.3 Å². The molecule has 2 amide bonds. The Kier molecular flexibility index (Phi) is 5.30. The van der Waals surface area contributed by atoms with Crippen molar-refractivity contribution in [3.8, 4) is 11.5 Å². The Morgan fingerprint density at radius 3 is 2.61 bits per heavy atom. The van der Waals surface area contributed by atoms with Crippen LogP contribution in [0.5, 0.6) is 11.5 Å². The number of nitrogens with one attached hydrogen (secondary N) is 2. The molecule has 28 heavy (non-hydrogen) atoms. The van der Waals surface area contributed by atoms with Crippen LogP contribution in [-0.4, -0.2) is 17.6 Å². The quantitative estimate of drug-likeness (QED) is 0.590. The van der Waals surface area contributed by atoms with Gasteiger partial charge in [-0.2, -0.15) is 0 Å². The standard InChI is InChI=1S/C22H18N2O3S/c25-21(12-13-28-16-6-2-1-3-7-16)23-15-10-11-19-17(14-15)22(26)24-18-8-4-5-9-20(18)27-19/h1-11,14H,12-13H2,(H,23,25)(H,24,26). The van der Waals surface area contributed by atoms with Gasteiger partial charge in [0, 0.05) is 22.8 Å². The maximum atomic E-state index is 12.5. The Morgan fingerprint density at radius 2 is 1.75 bits per heavy atom. The van der Waals surface area contributed by atoms with Crippen LogP contribution in [0.25, 0.3) is 0 Å². The van der Waals surface area contributed by atoms with E-state index in [2.05, 4.69) is 10.6 Å². The molecule has 1 aliphatic heterocycles. The topological polar surface area (TPSA) is 67.4 Å². The Balaban J connectivity index is 1.41. The molecule has 1 heterocycles. The third-order valence-corrected chi connectivity index (χ3v) is 5.22. The average Bonchev–Trinajstić information content (AvgIpc) is 2.84. The van der Waals surface area contributed by atoms with Crippen molar-refractivity contribution in [1.82, 2.24) is 0 Å². The predicted molar refractivity (Wildman–Crippen MR) is 111 cm³/mol. The van der Waals surface area contributed by atoms with Crippen LogP contribution in [0.2, 0.25) is 0 Å². The van der Waals surface area contributed by atoms with Gasteiger partial charge in [0.25, 0.3) is 5.91 Å². The first-order valence-electron chi connectivity index (χ1n) is 8.89. The number of benzene rings is 3. The monoisotopic (exact) mass is 390 g/mol. The van der Waals surface area contributed by atoms with Gasteiger partial charge in [-0.3, -0.25) is 9.59 Å². The Morgan fingerprint density at radius 1 is 0.964 bits per heavy atom. The van der Waals surface area contributed by atoms with E-state index in [1.165, 1.54) is 0 Å². The minimum atomic E-state index is -0.268. The number of thioether (sulfide) groups is 1. The fourth-order valence-electron chi connectivity index (χ4n) is 2.84. The number of para-hydroxylation sites is 2. The molecule has 0 saturated heterocycles. The van der Waals surface area contributed by atoms with Crippen molar-refractivity contribution in [2.75, 3.05) is 16.4 Å². The highest BCUT2D eigenvalue weighted by atomic mass is 32.2. The summed E-state index contributed by atoms with van der Waals surface area (Å²) in [4.78, 5) is 25.9. The van der Waals surface area contributed by atoms with Crippen LogP contribution in [0, 0.1) is 0 Å². The summed E-state index contributed by atoms with van der Waals surface area (Å²) >= 11 is 1.63. The van der Waals surface area contributed by atoms with Crippen molar-refractivity contribution in [3.05, 3.63) is 78.4 Å². The van der Waals surface area contributed by atoms with E-state index in [4.69, 9.17) is 4.74 Å². The van der Waals surface area contributed by atoms with Gasteiger partial charge in [-0.25, -0.2) is 0 Å². The number of hydrogen-bond acceptors (Lipinski definition) is 4. The molecule has 2 N–H and O–H groups in total. The van der Waals surface area contributed by atoms with E-state index >= 15 is 0 Å². The highest BCUT2D eigenvalue weighted by molar-refractivity contribution is 7.99. The lowest BCUT2D eigenvalue weighted by molar-refractivity contribution is -0.115. The summed E-state index contributed by atoms with van der Waals surface area (Å²) in [6.07, 6.45) is 0.380.